The second-order valence-electron chi connectivity index (χ2n) is 8.90. The van der Waals surface area contributed by atoms with E-state index in [0.717, 1.165) is 21.6 Å². The highest BCUT2D eigenvalue weighted by atomic mass is 19.1. The highest BCUT2D eigenvalue weighted by Crippen LogP contribution is 2.30. The van der Waals surface area contributed by atoms with E-state index in [1.807, 2.05) is 0 Å². The average molecular weight is 488 g/mol. The molecule has 2 aromatic carbocycles. The van der Waals surface area contributed by atoms with Crippen LogP contribution in [0.5, 0.6) is 0 Å². The number of halogens is 2. The Hall–Kier alpha value is -4.02. The Morgan fingerprint density at radius 2 is 1.83 bits per heavy atom. The van der Waals surface area contributed by atoms with Crippen LogP contribution in [-0.4, -0.2) is 43.8 Å². The molecule has 0 fully saturated rings. The molecule has 1 heterocycles. The number of urea groups is 1. The first-order chi connectivity index (χ1) is 16.4. The molecule has 0 saturated carbocycles. The van der Waals surface area contributed by atoms with Crippen molar-refractivity contribution in [2.24, 2.45) is 0 Å². The van der Waals surface area contributed by atoms with E-state index in [2.05, 4.69) is 15.6 Å². The van der Waals surface area contributed by atoms with E-state index < -0.39 is 51.8 Å². The van der Waals surface area contributed by atoms with Crippen molar-refractivity contribution in [3.8, 4) is 5.69 Å². The third-order valence-electron chi connectivity index (χ3n) is 5.34. The predicted octanol–water partition coefficient (Wildman–Crippen LogP) is 4.64. The zero-order chi connectivity index (χ0) is 26.1. The van der Waals surface area contributed by atoms with E-state index in [1.165, 1.54) is 19.1 Å². The average Bonchev–Trinajstić information content (AvgIpc) is 2.74. The lowest BCUT2D eigenvalue weighted by Crippen LogP contribution is -2.47. The summed E-state index contributed by atoms with van der Waals surface area (Å²) in [6.45, 7) is 8.65. The number of carbonyl (C=O) groups excluding carboxylic acids is 1. The van der Waals surface area contributed by atoms with Crippen molar-refractivity contribution in [3.63, 3.8) is 0 Å². The van der Waals surface area contributed by atoms with Gasteiger partial charge in [0.2, 0.25) is 0 Å². The number of nitrogens with zero attached hydrogens (tertiary/aromatic N) is 3. The van der Waals surface area contributed by atoms with Gasteiger partial charge in [0, 0.05) is 17.8 Å². The molecule has 3 rings (SSSR count). The molecule has 3 amide bonds. The molecule has 35 heavy (non-hydrogen) atoms. The van der Waals surface area contributed by atoms with Crippen molar-refractivity contribution in [2.45, 2.75) is 46.2 Å². The number of amides is 3. The molecule has 0 spiro atoms. The molecule has 0 aliphatic carbocycles. The van der Waals surface area contributed by atoms with Crippen LogP contribution in [0.1, 0.15) is 46.5 Å². The summed E-state index contributed by atoms with van der Waals surface area (Å²) in [6.07, 6.45) is -1.28. The van der Waals surface area contributed by atoms with Crippen LogP contribution in [0, 0.1) is 11.6 Å². The number of aromatic nitrogens is 2. The van der Waals surface area contributed by atoms with E-state index in [9.17, 15) is 28.3 Å². The first-order valence-electron chi connectivity index (χ1n) is 10.9. The van der Waals surface area contributed by atoms with Gasteiger partial charge in [-0.3, -0.25) is 14.3 Å². The number of nitrogens with one attached hydrogen (secondary N) is 2. The number of anilines is 1. The van der Waals surface area contributed by atoms with Crippen molar-refractivity contribution in [1.82, 2.24) is 19.8 Å². The second-order valence-corrected chi connectivity index (χ2v) is 8.90. The molecule has 9 nitrogen and oxygen atoms in total. The number of fused-ring (bicyclic) bond motifs is 1. The van der Waals surface area contributed by atoms with Gasteiger partial charge in [-0.15, -0.1) is 0 Å². The fourth-order valence-electron chi connectivity index (χ4n) is 3.97. The fourth-order valence-corrected chi connectivity index (χ4v) is 3.97. The second kappa shape index (κ2) is 9.69. The van der Waals surface area contributed by atoms with Crippen molar-refractivity contribution in [3.05, 3.63) is 64.2 Å². The van der Waals surface area contributed by atoms with Crippen molar-refractivity contribution < 1.29 is 23.5 Å². The van der Waals surface area contributed by atoms with Crippen molar-refractivity contribution in [2.75, 3.05) is 11.9 Å². The first kappa shape index (κ1) is 25.6. The lowest BCUT2D eigenvalue weighted by molar-refractivity contribution is 0.0719. The van der Waals surface area contributed by atoms with Crippen LogP contribution in [0.3, 0.4) is 0 Å². The summed E-state index contributed by atoms with van der Waals surface area (Å²) in [5, 5.41) is 14.5. The number of hydrogen-bond acceptors (Lipinski definition) is 4. The largest absolute Gasteiger partial charge is 0.465 e. The summed E-state index contributed by atoms with van der Waals surface area (Å²) in [4.78, 5) is 43.0. The molecule has 0 radical (unpaired) electrons. The molecule has 0 unspecified atom stereocenters. The predicted molar refractivity (Wildman–Crippen MR) is 128 cm³/mol. The maximum atomic E-state index is 14.7. The smallest absolute Gasteiger partial charge is 0.408 e. The highest BCUT2D eigenvalue weighted by Gasteiger charge is 2.35. The van der Waals surface area contributed by atoms with Gasteiger partial charge in [-0.05, 0) is 65.0 Å². The summed E-state index contributed by atoms with van der Waals surface area (Å²) in [5.41, 5.74) is -1.81. The summed E-state index contributed by atoms with van der Waals surface area (Å²) in [7, 11) is 0. The number of carboxylic acid groups (broad SMARTS) is 1. The van der Waals surface area contributed by atoms with Crippen LogP contribution in [0.2, 0.25) is 0 Å². The molecule has 0 bridgehead atoms. The van der Waals surface area contributed by atoms with Crippen LogP contribution in [-0.2, 0) is 0 Å². The number of rotatable bonds is 5. The van der Waals surface area contributed by atoms with E-state index in [4.69, 9.17) is 0 Å². The topological polar surface area (TPSA) is 117 Å². The fraction of sp³-hybridized carbons (Fsp3) is 0.333. The van der Waals surface area contributed by atoms with Crippen LogP contribution < -0.4 is 16.2 Å². The van der Waals surface area contributed by atoms with Crippen LogP contribution >= 0.6 is 0 Å². The summed E-state index contributed by atoms with van der Waals surface area (Å²) >= 11 is 0. The molecular formula is C24H27F2N5O4. The summed E-state index contributed by atoms with van der Waals surface area (Å²) in [5.74, 6) is -1.99. The van der Waals surface area contributed by atoms with Gasteiger partial charge in [0.1, 0.15) is 28.4 Å². The minimum Gasteiger partial charge on any atom is -0.465 e. The van der Waals surface area contributed by atoms with Gasteiger partial charge in [0.15, 0.2) is 0 Å². The Labute approximate surface area is 200 Å². The van der Waals surface area contributed by atoms with E-state index in [1.54, 1.807) is 39.8 Å². The molecule has 0 saturated heterocycles. The molecule has 3 N–H and O–H groups in total. The molecule has 3 aromatic rings. The van der Waals surface area contributed by atoms with Gasteiger partial charge in [0.05, 0.1) is 11.7 Å². The van der Waals surface area contributed by atoms with Gasteiger partial charge in [-0.2, -0.15) is 0 Å². The zero-order valence-corrected chi connectivity index (χ0v) is 20.0. The van der Waals surface area contributed by atoms with Gasteiger partial charge >= 0.3 is 12.1 Å². The lowest BCUT2D eigenvalue weighted by Gasteiger charge is -2.38. The quantitative estimate of drug-likeness (QED) is 0.485. The van der Waals surface area contributed by atoms with Crippen LogP contribution in [0.4, 0.5) is 24.1 Å². The van der Waals surface area contributed by atoms with Crippen LogP contribution in [0.15, 0.2) is 41.2 Å². The van der Waals surface area contributed by atoms with Gasteiger partial charge in [0.25, 0.3) is 5.56 Å². The Morgan fingerprint density at radius 3 is 2.43 bits per heavy atom. The first-order valence-corrected chi connectivity index (χ1v) is 10.9. The highest BCUT2D eigenvalue weighted by molar-refractivity contribution is 5.89. The Kier molecular flexibility index (Phi) is 7.09. The molecule has 186 valence electrons. The molecule has 1 aromatic heterocycles. The van der Waals surface area contributed by atoms with Crippen molar-refractivity contribution >= 4 is 28.7 Å². The van der Waals surface area contributed by atoms with E-state index in [0.29, 0.717) is 12.2 Å². The summed E-state index contributed by atoms with van der Waals surface area (Å²) in [6, 6.07) is 6.31. The van der Waals surface area contributed by atoms with Crippen LogP contribution in [0.25, 0.3) is 16.6 Å². The Morgan fingerprint density at radius 1 is 1.17 bits per heavy atom. The minimum atomic E-state index is -1.28. The standard InChI is InChI=1S/C24H27F2N5O4/c1-6-27-22(33)28-14-8-7-9-15(12-14)30-20(13(2)31(23(34)35)24(3,4)5)29-19-17(26)11-10-16(25)18(19)21(30)32/h7-13H,6H2,1-5H3,(H,34,35)(H2,27,28,33)/t13-/m0/s1. The normalized spacial score (nSPS) is 12.3. The van der Waals surface area contributed by atoms with Gasteiger partial charge in [-0.1, -0.05) is 6.07 Å². The van der Waals surface area contributed by atoms with Gasteiger partial charge in [-0.25, -0.2) is 23.4 Å². The molecule has 0 aliphatic rings. The summed E-state index contributed by atoms with van der Waals surface area (Å²) < 4.78 is 30.4. The molecule has 1 atom stereocenters. The van der Waals surface area contributed by atoms with E-state index in [-0.39, 0.29) is 11.5 Å². The number of hydrogen-bond donors (Lipinski definition) is 3. The van der Waals surface area contributed by atoms with E-state index >= 15 is 0 Å². The third-order valence-corrected chi connectivity index (χ3v) is 5.34. The number of benzene rings is 2. The maximum absolute atomic E-state index is 14.7. The lowest BCUT2D eigenvalue weighted by atomic mass is 10.0. The minimum absolute atomic E-state index is 0.112. The zero-order valence-electron chi connectivity index (χ0n) is 20.0. The Bertz CT molecular complexity index is 1350. The Balaban J connectivity index is 2.35. The SMILES string of the molecule is CCNC(=O)Nc1cccc(-n2c([C@H](C)N(C(=O)O)C(C)(C)C)nc3c(F)ccc(F)c3c2=O)c1. The maximum Gasteiger partial charge on any atom is 0.408 e. The molecule has 11 heteroatoms. The molecule has 0 aliphatic heterocycles. The van der Waals surface area contributed by atoms with Gasteiger partial charge < -0.3 is 15.7 Å². The third kappa shape index (κ3) is 5.08. The van der Waals surface area contributed by atoms with Crippen molar-refractivity contribution in [1.29, 1.82) is 0 Å². The number of carbonyl (C=O) groups is 2. The molecular weight excluding hydrogens is 460 g/mol. The monoisotopic (exact) mass is 487 g/mol.